The standard InChI is InChI=1S/C63H119NO8/c1-3-5-7-9-11-13-15-17-19-21-22-23-24-25-26-27-28-29-30-31-32-33-34-35-37-38-40-42-44-46-48-50-52-57(66)56(55-71-63-62(70)61(69)60(68)58(54-65)72-63)64-59(67)53-51-49-47-45-43-41-39-36-20-18-16-14-12-10-8-6-4-2/h35,37,42,44,50,52,56-58,60-63,65-66,68-70H,3-34,36,38-41,43,45-49,51,53-55H2,1-2H3,(H,64,67)/b37-35+,44-42+,52-50+. The van der Waals surface area contributed by atoms with Gasteiger partial charge in [0.25, 0.3) is 0 Å². The summed E-state index contributed by atoms with van der Waals surface area (Å²) in [7, 11) is 0. The van der Waals surface area contributed by atoms with Crippen LogP contribution in [-0.4, -0.2) is 87.5 Å². The molecule has 9 nitrogen and oxygen atoms in total. The molecule has 0 bridgehead atoms. The average molecular weight is 1020 g/mol. The van der Waals surface area contributed by atoms with Gasteiger partial charge in [0.05, 0.1) is 25.4 Å². The lowest BCUT2D eigenvalue weighted by Crippen LogP contribution is -2.60. The zero-order valence-corrected chi connectivity index (χ0v) is 47.2. The predicted octanol–water partition coefficient (Wildman–Crippen LogP) is 15.9. The number of ether oxygens (including phenoxy) is 2. The topological polar surface area (TPSA) is 149 Å². The molecule has 0 aromatic rings. The van der Waals surface area contributed by atoms with E-state index in [1.807, 2.05) is 6.08 Å². The van der Waals surface area contributed by atoms with Gasteiger partial charge in [0.2, 0.25) is 5.91 Å². The Kier molecular flexibility index (Phi) is 50.2. The minimum atomic E-state index is -1.57. The van der Waals surface area contributed by atoms with Crippen LogP contribution in [0.5, 0.6) is 0 Å². The second-order valence-corrected chi connectivity index (χ2v) is 21.8. The number of carbonyl (C=O) groups excluding carboxylic acids is 1. The van der Waals surface area contributed by atoms with E-state index < -0.39 is 49.5 Å². The Hall–Kier alpha value is -1.59. The van der Waals surface area contributed by atoms with Crippen molar-refractivity contribution < 1.29 is 39.8 Å². The van der Waals surface area contributed by atoms with Crippen molar-refractivity contribution in [3.05, 3.63) is 36.5 Å². The molecule has 1 fully saturated rings. The SMILES string of the molecule is CCCCCCCCCCCCCCCCCCCCCCCC/C=C/CC/C=C/CC/C=C/C(O)C(COC1OC(CO)C(O)C(O)C1O)NC(=O)CCCCCCCCCCCCCCCCCCC. The number of unbranched alkanes of at least 4 members (excludes halogenated alkanes) is 40. The Morgan fingerprint density at radius 1 is 0.458 bits per heavy atom. The van der Waals surface area contributed by atoms with Crippen molar-refractivity contribution in [1.82, 2.24) is 5.32 Å². The molecule has 1 amide bonds. The monoisotopic (exact) mass is 1020 g/mol. The van der Waals surface area contributed by atoms with Gasteiger partial charge in [-0.3, -0.25) is 4.79 Å². The summed E-state index contributed by atoms with van der Waals surface area (Å²) in [5.41, 5.74) is 0. The molecule has 0 spiro atoms. The second kappa shape index (κ2) is 52.8. The number of hydrogen-bond acceptors (Lipinski definition) is 8. The number of aliphatic hydroxyl groups excluding tert-OH is 5. The molecule has 6 N–H and O–H groups in total. The molecular formula is C63H119NO8. The third-order valence-corrected chi connectivity index (χ3v) is 14.9. The molecule has 0 radical (unpaired) electrons. The van der Waals surface area contributed by atoms with E-state index in [1.54, 1.807) is 6.08 Å². The van der Waals surface area contributed by atoms with Crippen LogP contribution in [0.15, 0.2) is 36.5 Å². The third-order valence-electron chi connectivity index (χ3n) is 14.9. The van der Waals surface area contributed by atoms with Crippen molar-refractivity contribution in [2.75, 3.05) is 13.2 Å². The largest absolute Gasteiger partial charge is 0.394 e. The highest BCUT2D eigenvalue weighted by Crippen LogP contribution is 2.23. The molecule has 1 heterocycles. The Morgan fingerprint density at radius 3 is 1.17 bits per heavy atom. The van der Waals surface area contributed by atoms with Gasteiger partial charge in [0.1, 0.15) is 24.4 Å². The molecule has 1 rings (SSSR count). The van der Waals surface area contributed by atoms with E-state index in [0.29, 0.717) is 6.42 Å². The number of hydrogen-bond donors (Lipinski definition) is 6. The van der Waals surface area contributed by atoms with E-state index in [-0.39, 0.29) is 12.5 Å². The summed E-state index contributed by atoms with van der Waals surface area (Å²) in [6, 6.07) is -0.826. The first-order valence-corrected chi connectivity index (χ1v) is 31.2. The highest BCUT2D eigenvalue weighted by atomic mass is 16.7. The van der Waals surface area contributed by atoms with Crippen LogP contribution in [0.3, 0.4) is 0 Å². The van der Waals surface area contributed by atoms with Crippen LogP contribution >= 0.6 is 0 Å². The Labute approximate surface area is 444 Å². The van der Waals surface area contributed by atoms with Gasteiger partial charge in [-0.2, -0.15) is 0 Å². The number of rotatable bonds is 54. The molecule has 9 heteroatoms. The van der Waals surface area contributed by atoms with E-state index in [1.165, 1.54) is 238 Å². The maximum absolute atomic E-state index is 13.0. The van der Waals surface area contributed by atoms with Gasteiger partial charge >= 0.3 is 0 Å². The molecule has 7 atom stereocenters. The zero-order chi connectivity index (χ0) is 52.2. The molecule has 0 saturated carbocycles. The van der Waals surface area contributed by atoms with Gasteiger partial charge in [0.15, 0.2) is 6.29 Å². The van der Waals surface area contributed by atoms with Crippen LogP contribution in [0.2, 0.25) is 0 Å². The van der Waals surface area contributed by atoms with Crippen molar-refractivity contribution in [3.63, 3.8) is 0 Å². The van der Waals surface area contributed by atoms with Gasteiger partial charge in [-0.05, 0) is 44.9 Å². The number of carbonyl (C=O) groups is 1. The molecular weight excluding hydrogens is 899 g/mol. The zero-order valence-electron chi connectivity index (χ0n) is 47.2. The van der Waals surface area contributed by atoms with Crippen molar-refractivity contribution in [2.45, 2.75) is 346 Å². The summed E-state index contributed by atoms with van der Waals surface area (Å²) >= 11 is 0. The van der Waals surface area contributed by atoms with Crippen molar-refractivity contribution in [3.8, 4) is 0 Å². The first-order chi connectivity index (χ1) is 35.3. The summed E-state index contributed by atoms with van der Waals surface area (Å²) in [4.78, 5) is 13.0. The fourth-order valence-electron chi connectivity index (χ4n) is 10.0. The van der Waals surface area contributed by atoms with Crippen LogP contribution in [-0.2, 0) is 14.3 Å². The van der Waals surface area contributed by atoms with Gasteiger partial charge in [-0.15, -0.1) is 0 Å². The molecule has 1 aliphatic rings. The first-order valence-electron chi connectivity index (χ1n) is 31.2. The molecule has 7 unspecified atom stereocenters. The fraction of sp³-hybridized carbons (Fsp3) is 0.889. The van der Waals surface area contributed by atoms with Crippen LogP contribution < -0.4 is 5.32 Å². The van der Waals surface area contributed by atoms with E-state index in [2.05, 4.69) is 43.5 Å². The van der Waals surface area contributed by atoms with Crippen LogP contribution in [0.4, 0.5) is 0 Å². The molecule has 0 aromatic carbocycles. The maximum Gasteiger partial charge on any atom is 0.220 e. The lowest BCUT2D eigenvalue weighted by molar-refractivity contribution is -0.302. The average Bonchev–Trinajstić information content (AvgIpc) is 3.38. The normalized spacial score (nSPS) is 19.3. The van der Waals surface area contributed by atoms with Crippen molar-refractivity contribution in [2.24, 2.45) is 0 Å². The fourth-order valence-corrected chi connectivity index (χ4v) is 10.0. The van der Waals surface area contributed by atoms with Gasteiger partial charge in [-0.25, -0.2) is 0 Å². The Bertz CT molecular complexity index is 1230. The number of allylic oxidation sites excluding steroid dienone is 5. The lowest BCUT2D eigenvalue weighted by Gasteiger charge is -2.40. The van der Waals surface area contributed by atoms with E-state index >= 15 is 0 Å². The smallest absolute Gasteiger partial charge is 0.220 e. The number of aliphatic hydroxyl groups is 5. The lowest BCUT2D eigenvalue weighted by atomic mass is 9.99. The summed E-state index contributed by atoms with van der Waals surface area (Å²) in [5, 5.41) is 54.5. The van der Waals surface area contributed by atoms with E-state index in [0.717, 1.165) is 44.9 Å². The highest BCUT2D eigenvalue weighted by molar-refractivity contribution is 5.76. The highest BCUT2D eigenvalue weighted by Gasteiger charge is 2.44. The third kappa shape index (κ3) is 41.6. The van der Waals surface area contributed by atoms with Crippen molar-refractivity contribution in [1.29, 1.82) is 0 Å². The maximum atomic E-state index is 13.0. The van der Waals surface area contributed by atoms with Gasteiger partial charge in [-0.1, -0.05) is 288 Å². The quantitative estimate of drug-likeness (QED) is 0.0261. The predicted molar refractivity (Wildman–Crippen MR) is 304 cm³/mol. The van der Waals surface area contributed by atoms with Gasteiger partial charge in [0, 0.05) is 6.42 Å². The number of nitrogens with one attached hydrogen (secondary N) is 1. The summed E-state index contributed by atoms with van der Waals surface area (Å²) in [5.74, 6) is -0.186. The summed E-state index contributed by atoms with van der Waals surface area (Å²) < 4.78 is 11.3. The minimum Gasteiger partial charge on any atom is -0.394 e. The van der Waals surface area contributed by atoms with Crippen molar-refractivity contribution >= 4 is 5.91 Å². The van der Waals surface area contributed by atoms with Gasteiger partial charge < -0.3 is 40.3 Å². The Morgan fingerprint density at radius 2 is 0.792 bits per heavy atom. The van der Waals surface area contributed by atoms with Crippen LogP contribution in [0.25, 0.3) is 0 Å². The molecule has 1 aliphatic heterocycles. The summed E-state index contributed by atoms with van der Waals surface area (Å²) in [6.07, 6.45) is 62.4. The van der Waals surface area contributed by atoms with Crippen LogP contribution in [0, 0.1) is 0 Å². The molecule has 0 aliphatic carbocycles. The van der Waals surface area contributed by atoms with E-state index in [9.17, 15) is 30.3 Å². The summed E-state index contributed by atoms with van der Waals surface area (Å²) in [6.45, 7) is 3.79. The minimum absolute atomic E-state index is 0.186. The molecule has 1 saturated heterocycles. The van der Waals surface area contributed by atoms with Crippen LogP contribution in [0.1, 0.15) is 303 Å². The molecule has 0 aromatic heterocycles. The second-order valence-electron chi connectivity index (χ2n) is 21.8. The Balaban J connectivity index is 2.19. The molecule has 424 valence electrons. The molecule has 72 heavy (non-hydrogen) atoms. The van der Waals surface area contributed by atoms with E-state index in [4.69, 9.17) is 9.47 Å². The number of amides is 1. The first kappa shape index (κ1) is 68.4.